The van der Waals surface area contributed by atoms with Gasteiger partial charge in [0.25, 0.3) is 5.91 Å². The Balaban J connectivity index is 1.76. The third-order valence-corrected chi connectivity index (χ3v) is 5.91. The predicted molar refractivity (Wildman–Crippen MR) is 114 cm³/mol. The van der Waals surface area contributed by atoms with Crippen LogP contribution in [0.25, 0.3) is 11.1 Å². The lowest BCUT2D eigenvalue weighted by Crippen LogP contribution is -2.45. The molecule has 1 aliphatic rings. The molecule has 0 radical (unpaired) electrons. The van der Waals surface area contributed by atoms with Crippen molar-refractivity contribution in [2.45, 2.75) is 44.6 Å². The van der Waals surface area contributed by atoms with Crippen molar-refractivity contribution < 1.29 is 9.59 Å². The minimum absolute atomic E-state index is 0.327. The predicted octanol–water partition coefficient (Wildman–Crippen LogP) is 5.21. The Kier molecular flexibility index (Phi) is 6.97. The van der Waals surface area contributed by atoms with Crippen molar-refractivity contribution in [2.24, 2.45) is 11.7 Å². The molecular weight excluding hydrogens is 395 g/mol. The molecule has 4 nitrogen and oxygen atoms in total. The van der Waals surface area contributed by atoms with Crippen LogP contribution in [0.5, 0.6) is 0 Å². The van der Waals surface area contributed by atoms with E-state index in [1.54, 1.807) is 30.3 Å². The fourth-order valence-electron chi connectivity index (χ4n) is 3.76. The number of hydrogen-bond donors (Lipinski definition) is 2. The molecule has 1 aliphatic carbocycles. The third kappa shape index (κ3) is 5.27. The van der Waals surface area contributed by atoms with Crippen LogP contribution in [-0.4, -0.2) is 17.9 Å². The molecule has 0 aliphatic heterocycles. The van der Waals surface area contributed by atoms with Gasteiger partial charge < -0.3 is 11.1 Å². The number of hydrogen-bond acceptors (Lipinski definition) is 2. The first-order valence-electron chi connectivity index (χ1n) is 9.59. The summed E-state index contributed by atoms with van der Waals surface area (Å²) in [6.07, 6.45) is 6.35. The normalized spacial score (nSPS) is 15.8. The number of halogens is 2. The summed E-state index contributed by atoms with van der Waals surface area (Å²) in [5, 5.41) is 3.97. The fourth-order valence-corrected chi connectivity index (χ4v) is 4.11. The number of carbonyl (C=O) groups excluding carboxylic acids is 2. The summed E-state index contributed by atoms with van der Waals surface area (Å²) in [5.41, 5.74) is 7.58. The van der Waals surface area contributed by atoms with Gasteiger partial charge in [0.2, 0.25) is 5.91 Å². The van der Waals surface area contributed by atoms with Crippen LogP contribution in [0.2, 0.25) is 10.0 Å². The first-order valence-corrected chi connectivity index (χ1v) is 10.4. The van der Waals surface area contributed by atoms with Gasteiger partial charge in [0, 0.05) is 21.2 Å². The van der Waals surface area contributed by atoms with Crippen LogP contribution >= 0.6 is 23.2 Å². The van der Waals surface area contributed by atoms with Crippen molar-refractivity contribution >= 4 is 35.0 Å². The standard InChI is InChI=1S/C22H24Cl2N2O2/c23-17-9-6-15(7-10-17)18-13-16(8-11-19(18)24)22(28)26-20(21(25)27)12-14-4-2-1-3-5-14/h6-11,13-14,20H,1-5,12H2,(H2,25,27)(H,26,28)/t20-/m0/s1. The molecule has 0 spiro atoms. The molecule has 2 amide bonds. The minimum atomic E-state index is -0.662. The number of carbonyl (C=O) groups is 2. The molecule has 2 aromatic rings. The highest BCUT2D eigenvalue weighted by Crippen LogP contribution is 2.30. The fraction of sp³-hybridized carbons (Fsp3) is 0.364. The monoisotopic (exact) mass is 418 g/mol. The minimum Gasteiger partial charge on any atom is -0.368 e. The molecule has 3 N–H and O–H groups in total. The van der Waals surface area contributed by atoms with Gasteiger partial charge >= 0.3 is 0 Å². The van der Waals surface area contributed by atoms with E-state index in [9.17, 15) is 9.59 Å². The van der Waals surface area contributed by atoms with E-state index >= 15 is 0 Å². The van der Waals surface area contributed by atoms with Gasteiger partial charge in [0.05, 0.1) is 0 Å². The second kappa shape index (κ2) is 9.44. The van der Waals surface area contributed by atoms with Gasteiger partial charge in [-0.3, -0.25) is 9.59 Å². The van der Waals surface area contributed by atoms with Crippen LogP contribution < -0.4 is 11.1 Å². The van der Waals surface area contributed by atoms with Crippen molar-refractivity contribution in [1.82, 2.24) is 5.32 Å². The Bertz CT molecular complexity index is 846. The molecule has 0 bridgehead atoms. The van der Waals surface area contributed by atoms with Gasteiger partial charge in [-0.05, 0) is 48.2 Å². The van der Waals surface area contributed by atoms with E-state index in [1.807, 2.05) is 12.1 Å². The van der Waals surface area contributed by atoms with Crippen LogP contribution in [0, 0.1) is 5.92 Å². The Morgan fingerprint density at radius 2 is 1.71 bits per heavy atom. The molecule has 3 rings (SSSR count). The molecule has 148 valence electrons. The number of primary amides is 1. The average molecular weight is 419 g/mol. The quantitative estimate of drug-likeness (QED) is 0.674. The average Bonchev–Trinajstić information content (AvgIpc) is 2.69. The maximum absolute atomic E-state index is 12.8. The maximum Gasteiger partial charge on any atom is 0.251 e. The summed E-state index contributed by atoms with van der Waals surface area (Å²) in [5.74, 6) is -0.390. The van der Waals surface area contributed by atoms with Gasteiger partial charge in [0.15, 0.2) is 0 Å². The zero-order valence-electron chi connectivity index (χ0n) is 15.6. The Hall–Kier alpha value is -2.04. The summed E-state index contributed by atoms with van der Waals surface area (Å²) >= 11 is 12.3. The van der Waals surface area contributed by atoms with Crippen molar-refractivity contribution in [3.8, 4) is 11.1 Å². The van der Waals surface area contributed by atoms with Gasteiger partial charge in [-0.25, -0.2) is 0 Å². The summed E-state index contributed by atoms with van der Waals surface area (Å²) in [6.45, 7) is 0. The van der Waals surface area contributed by atoms with E-state index in [4.69, 9.17) is 28.9 Å². The van der Waals surface area contributed by atoms with E-state index in [-0.39, 0.29) is 5.91 Å². The van der Waals surface area contributed by atoms with E-state index in [2.05, 4.69) is 5.32 Å². The van der Waals surface area contributed by atoms with Crippen molar-refractivity contribution in [1.29, 1.82) is 0 Å². The smallest absolute Gasteiger partial charge is 0.251 e. The topological polar surface area (TPSA) is 72.2 Å². The summed E-state index contributed by atoms with van der Waals surface area (Å²) in [7, 11) is 0. The van der Waals surface area contributed by atoms with Gasteiger partial charge in [-0.2, -0.15) is 0 Å². The van der Waals surface area contributed by atoms with Crippen LogP contribution in [0.4, 0.5) is 0 Å². The first-order chi connectivity index (χ1) is 13.4. The Morgan fingerprint density at radius 1 is 1.04 bits per heavy atom. The zero-order chi connectivity index (χ0) is 20.1. The maximum atomic E-state index is 12.8. The lowest BCUT2D eigenvalue weighted by molar-refractivity contribution is -0.120. The molecule has 1 fully saturated rings. The van der Waals surface area contributed by atoms with Crippen molar-refractivity contribution in [2.75, 3.05) is 0 Å². The highest BCUT2D eigenvalue weighted by molar-refractivity contribution is 6.33. The van der Waals surface area contributed by atoms with Crippen LogP contribution in [0.1, 0.15) is 48.9 Å². The second-order valence-electron chi connectivity index (χ2n) is 7.37. The van der Waals surface area contributed by atoms with Crippen molar-refractivity contribution in [3.63, 3.8) is 0 Å². The van der Waals surface area contributed by atoms with E-state index in [0.717, 1.165) is 24.0 Å². The summed E-state index contributed by atoms with van der Waals surface area (Å²) in [4.78, 5) is 24.7. The number of nitrogens with one attached hydrogen (secondary N) is 1. The van der Waals surface area contributed by atoms with Gasteiger partial charge in [-0.15, -0.1) is 0 Å². The van der Waals surface area contributed by atoms with Crippen molar-refractivity contribution in [3.05, 3.63) is 58.1 Å². The Morgan fingerprint density at radius 3 is 2.36 bits per heavy atom. The Labute approximate surface area is 175 Å². The van der Waals surface area contributed by atoms with Gasteiger partial charge in [-0.1, -0.05) is 67.4 Å². The van der Waals surface area contributed by atoms with Crippen LogP contribution in [0.15, 0.2) is 42.5 Å². The third-order valence-electron chi connectivity index (χ3n) is 5.33. The van der Waals surface area contributed by atoms with E-state index in [1.165, 1.54) is 19.3 Å². The molecule has 28 heavy (non-hydrogen) atoms. The molecule has 0 aromatic heterocycles. The number of benzene rings is 2. The van der Waals surface area contributed by atoms with Gasteiger partial charge in [0.1, 0.15) is 6.04 Å². The zero-order valence-corrected chi connectivity index (χ0v) is 17.1. The SMILES string of the molecule is NC(=O)[C@H](CC1CCCCC1)NC(=O)c1ccc(Cl)c(-c2ccc(Cl)cc2)c1. The largest absolute Gasteiger partial charge is 0.368 e. The summed E-state index contributed by atoms with van der Waals surface area (Å²) in [6, 6.07) is 11.6. The van der Waals surface area contributed by atoms with E-state index in [0.29, 0.717) is 27.9 Å². The van der Waals surface area contributed by atoms with E-state index < -0.39 is 11.9 Å². The lowest BCUT2D eigenvalue weighted by Gasteiger charge is -2.25. The second-order valence-corrected chi connectivity index (χ2v) is 8.21. The number of nitrogens with two attached hydrogens (primary N) is 1. The molecule has 1 saturated carbocycles. The molecule has 2 aromatic carbocycles. The molecule has 0 heterocycles. The molecule has 1 atom stereocenters. The lowest BCUT2D eigenvalue weighted by atomic mass is 9.84. The molecule has 6 heteroatoms. The first kappa shape index (κ1) is 20.7. The number of amides is 2. The number of rotatable bonds is 6. The molecular formula is C22H24Cl2N2O2. The summed E-state index contributed by atoms with van der Waals surface area (Å²) < 4.78 is 0. The van der Waals surface area contributed by atoms with Crippen LogP contribution in [0.3, 0.4) is 0 Å². The van der Waals surface area contributed by atoms with Crippen LogP contribution in [-0.2, 0) is 4.79 Å². The highest BCUT2D eigenvalue weighted by Gasteiger charge is 2.25. The molecule has 0 saturated heterocycles. The highest BCUT2D eigenvalue weighted by atomic mass is 35.5. The molecule has 0 unspecified atom stereocenters.